The van der Waals surface area contributed by atoms with Crippen LogP contribution in [0.4, 0.5) is 4.79 Å². The van der Waals surface area contributed by atoms with Gasteiger partial charge in [-0.2, -0.15) is 0 Å². The highest BCUT2D eigenvalue weighted by Gasteiger charge is 2.45. The van der Waals surface area contributed by atoms with E-state index in [4.69, 9.17) is 5.11 Å². The molecule has 0 aromatic carbocycles. The highest BCUT2D eigenvalue weighted by Crippen LogP contribution is 2.31. The van der Waals surface area contributed by atoms with Crippen molar-refractivity contribution in [3.8, 4) is 0 Å². The van der Waals surface area contributed by atoms with Gasteiger partial charge in [0, 0.05) is 26.7 Å². The lowest BCUT2D eigenvalue weighted by atomic mass is 9.98. The summed E-state index contributed by atoms with van der Waals surface area (Å²) in [5.41, 5.74) is -0.940. The van der Waals surface area contributed by atoms with E-state index in [0.29, 0.717) is 25.6 Å². The van der Waals surface area contributed by atoms with Crippen LogP contribution >= 0.6 is 0 Å². The summed E-state index contributed by atoms with van der Waals surface area (Å²) in [5.74, 6) is -0.745. The lowest BCUT2D eigenvalue weighted by molar-refractivity contribution is -0.145. The fourth-order valence-corrected chi connectivity index (χ4v) is 2.70. The number of amides is 3. The first-order valence-electron chi connectivity index (χ1n) is 7.27. The average Bonchev–Trinajstić information content (AvgIpc) is 3.18. The minimum absolute atomic E-state index is 0.121. The van der Waals surface area contributed by atoms with Crippen LogP contribution in [0.1, 0.15) is 26.7 Å². The van der Waals surface area contributed by atoms with Crippen LogP contribution in [-0.4, -0.2) is 76.5 Å². The summed E-state index contributed by atoms with van der Waals surface area (Å²) in [4.78, 5) is 40.4. The Kier molecular flexibility index (Phi) is 4.11. The molecule has 2 fully saturated rings. The summed E-state index contributed by atoms with van der Waals surface area (Å²) in [6.45, 7) is 4.46. The van der Waals surface area contributed by atoms with Crippen molar-refractivity contribution in [1.29, 1.82) is 0 Å². The third-order valence-corrected chi connectivity index (χ3v) is 4.21. The Balaban J connectivity index is 2.14. The van der Waals surface area contributed by atoms with Crippen LogP contribution < -0.4 is 0 Å². The molecule has 1 aliphatic heterocycles. The maximum Gasteiger partial charge on any atom is 0.323 e. The summed E-state index contributed by atoms with van der Waals surface area (Å²) >= 11 is 0. The number of likely N-dealkylation sites (N-methyl/N-ethyl adjacent to an activating group) is 1. The first-order chi connectivity index (χ1) is 9.73. The van der Waals surface area contributed by atoms with Crippen LogP contribution in [0.2, 0.25) is 0 Å². The maximum absolute atomic E-state index is 12.7. The third-order valence-electron chi connectivity index (χ3n) is 4.21. The Morgan fingerprint density at radius 3 is 2.48 bits per heavy atom. The summed E-state index contributed by atoms with van der Waals surface area (Å²) in [6.07, 6.45) is 2.07. The molecule has 1 saturated carbocycles. The number of piperazine rings is 1. The lowest BCUT2D eigenvalue weighted by Crippen LogP contribution is -2.66. The fourth-order valence-electron chi connectivity index (χ4n) is 2.70. The third kappa shape index (κ3) is 3.28. The minimum atomic E-state index is -1.03. The summed E-state index contributed by atoms with van der Waals surface area (Å²) in [6, 6.07) is -0.351. The van der Waals surface area contributed by atoms with Gasteiger partial charge in [0.05, 0.1) is 0 Å². The minimum Gasteiger partial charge on any atom is -0.480 e. The van der Waals surface area contributed by atoms with Crippen molar-refractivity contribution in [2.45, 2.75) is 32.2 Å². The zero-order valence-electron chi connectivity index (χ0n) is 12.8. The SMILES string of the molecule is CN1CCN(C(=O)N(CC(=O)O)CC2CC2)C(C)(C)C1=O. The van der Waals surface area contributed by atoms with Crippen molar-refractivity contribution >= 4 is 17.9 Å². The number of nitrogens with zero attached hydrogens (tertiary/aromatic N) is 3. The van der Waals surface area contributed by atoms with E-state index in [1.165, 1.54) is 9.80 Å². The molecule has 21 heavy (non-hydrogen) atoms. The molecule has 0 radical (unpaired) electrons. The molecule has 0 aromatic rings. The average molecular weight is 297 g/mol. The largest absolute Gasteiger partial charge is 0.480 e. The number of carboxylic acid groups (broad SMARTS) is 1. The number of carbonyl (C=O) groups excluding carboxylic acids is 2. The predicted molar refractivity (Wildman–Crippen MR) is 75.8 cm³/mol. The number of aliphatic carboxylic acids is 1. The molecule has 118 valence electrons. The summed E-state index contributed by atoms with van der Waals surface area (Å²) in [5, 5.41) is 9.00. The molecule has 1 heterocycles. The highest BCUT2D eigenvalue weighted by molar-refractivity contribution is 5.92. The number of hydrogen-bond donors (Lipinski definition) is 1. The van der Waals surface area contributed by atoms with Crippen LogP contribution in [0, 0.1) is 5.92 Å². The quantitative estimate of drug-likeness (QED) is 0.817. The Morgan fingerprint density at radius 1 is 1.33 bits per heavy atom. The van der Waals surface area contributed by atoms with Crippen molar-refractivity contribution in [2.24, 2.45) is 5.92 Å². The van der Waals surface area contributed by atoms with Gasteiger partial charge in [-0.25, -0.2) is 4.79 Å². The van der Waals surface area contributed by atoms with E-state index in [9.17, 15) is 14.4 Å². The number of rotatable bonds is 4. The van der Waals surface area contributed by atoms with Gasteiger partial charge in [-0.05, 0) is 32.6 Å². The van der Waals surface area contributed by atoms with Crippen LogP contribution in [0.5, 0.6) is 0 Å². The summed E-state index contributed by atoms with van der Waals surface area (Å²) in [7, 11) is 1.71. The molecule has 0 unspecified atom stereocenters. The zero-order chi connectivity index (χ0) is 15.8. The lowest BCUT2D eigenvalue weighted by Gasteiger charge is -2.46. The van der Waals surface area contributed by atoms with Crippen molar-refractivity contribution in [2.75, 3.05) is 33.2 Å². The van der Waals surface area contributed by atoms with Gasteiger partial charge in [0.2, 0.25) is 5.91 Å². The molecular weight excluding hydrogens is 274 g/mol. The first kappa shape index (κ1) is 15.6. The summed E-state index contributed by atoms with van der Waals surface area (Å²) < 4.78 is 0. The Morgan fingerprint density at radius 2 is 1.95 bits per heavy atom. The molecule has 0 atom stereocenters. The molecule has 1 N–H and O–H groups in total. The van der Waals surface area contributed by atoms with Gasteiger partial charge in [-0.3, -0.25) is 9.59 Å². The molecule has 0 aromatic heterocycles. The van der Waals surface area contributed by atoms with E-state index in [2.05, 4.69) is 0 Å². The number of hydrogen-bond acceptors (Lipinski definition) is 3. The van der Waals surface area contributed by atoms with Gasteiger partial charge in [-0.15, -0.1) is 0 Å². The van der Waals surface area contributed by atoms with Crippen LogP contribution in [-0.2, 0) is 9.59 Å². The van der Waals surface area contributed by atoms with Gasteiger partial charge >= 0.3 is 12.0 Å². The Hall–Kier alpha value is -1.79. The Labute approximate surface area is 124 Å². The first-order valence-corrected chi connectivity index (χ1v) is 7.27. The van der Waals surface area contributed by atoms with Crippen molar-refractivity contribution < 1.29 is 19.5 Å². The van der Waals surface area contributed by atoms with Crippen molar-refractivity contribution in [3.05, 3.63) is 0 Å². The van der Waals surface area contributed by atoms with E-state index in [0.717, 1.165) is 12.8 Å². The molecular formula is C14H23N3O4. The van der Waals surface area contributed by atoms with Gasteiger partial charge < -0.3 is 19.8 Å². The second-order valence-corrected chi connectivity index (χ2v) is 6.44. The number of carboxylic acids is 1. The van der Waals surface area contributed by atoms with Gasteiger partial charge in [0.15, 0.2) is 0 Å². The van der Waals surface area contributed by atoms with E-state index in [1.807, 2.05) is 0 Å². The molecule has 0 spiro atoms. The van der Waals surface area contributed by atoms with Gasteiger partial charge in [0.1, 0.15) is 12.1 Å². The normalized spacial score (nSPS) is 21.4. The van der Waals surface area contributed by atoms with E-state index < -0.39 is 11.5 Å². The highest BCUT2D eigenvalue weighted by atomic mass is 16.4. The second kappa shape index (κ2) is 5.54. The van der Waals surface area contributed by atoms with Crippen LogP contribution in [0.15, 0.2) is 0 Å². The van der Waals surface area contributed by atoms with Crippen molar-refractivity contribution in [1.82, 2.24) is 14.7 Å². The standard InChI is InChI=1S/C14H23N3O4/c1-14(2)12(20)15(3)6-7-17(14)13(21)16(9-11(18)19)8-10-4-5-10/h10H,4-9H2,1-3H3,(H,18,19). The van der Waals surface area contributed by atoms with Gasteiger partial charge in [0.25, 0.3) is 0 Å². The molecule has 3 amide bonds. The fraction of sp³-hybridized carbons (Fsp3) is 0.786. The molecule has 2 aliphatic rings. The monoisotopic (exact) mass is 297 g/mol. The molecule has 7 heteroatoms. The topological polar surface area (TPSA) is 81.2 Å². The van der Waals surface area contributed by atoms with E-state index >= 15 is 0 Å². The maximum atomic E-state index is 12.7. The molecule has 1 aliphatic carbocycles. The molecule has 7 nitrogen and oxygen atoms in total. The van der Waals surface area contributed by atoms with Crippen LogP contribution in [0.25, 0.3) is 0 Å². The zero-order valence-corrected chi connectivity index (χ0v) is 12.8. The number of urea groups is 1. The van der Waals surface area contributed by atoms with Crippen molar-refractivity contribution in [3.63, 3.8) is 0 Å². The number of carbonyl (C=O) groups is 3. The molecule has 1 saturated heterocycles. The molecule has 2 rings (SSSR count). The van der Waals surface area contributed by atoms with E-state index in [-0.39, 0.29) is 18.5 Å². The second-order valence-electron chi connectivity index (χ2n) is 6.44. The van der Waals surface area contributed by atoms with Gasteiger partial charge in [-0.1, -0.05) is 0 Å². The van der Waals surface area contributed by atoms with E-state index in [1.54, 1.807) is 25.8 Å². The molecule has 0 bridgehead atoms. The predicted octanol–water partition coefficient (Wildman–Crippen LogP) is 0.456. The Bertz CT molecular complexity index is 459. The van der Waals surface area contributed by atoms with Crippen LogP contribution in [0.3, 0.4) is 0 Å². The smallest absolute Gasteiger partial charge is 0.323 e.